The van der Waals surface area contributed by atoms with Crippen LogP contribution >= 0.6 is 8.03 Å². The van der Waals surface area contributed by atoms with Gasteiger partial charge in [-0.3, -0.25) is 0 Å². The Balaban J connectivity index is 2.76. The molecule has 4 nitrogen and oxygen atoms in total. The van der Waals surface area contributed by atoms with E-state index in [4.69, 9.17) is 9.26 Å². The van der Waals surface area contributed by atoms with Crippen molar-refractivity contribution in [2.45, 2.75) is 26.4 Å². The molecule has 1 heterocycles. The van der Waals surface area contributed by atoms with Crippen molar-refractivity contribution in [3.63, 3.8) is 0 Å². The molecular formula is C8H14O4P+. The van der Waals surface area contributed by atoms with E-state index in [1.807, 2.05) is 13.8 Å². The van der Waals surface area contributed by atoms with Crippen molar-refractivity contribution in [3.05, 3.63) is 0 Å². The third kappa shape index (κ3) is 2.06. The standard InChI is InChI=1S/C8H14O4P/c1-4-12-13(10)6-7(9)11-5-8(6,2)3/h6H,4-5H2,1-3H3/q+1. The minimum absolute atomic E-state index is 0.324. The monoisotopic (exact) mass is 205 g/mol. The smallest absolute Gasteiger partial charge is 0.461 e. The SMILES string of the molecule is CCO[P+](=O)C1C(=O)OCC1(C)C. The molecule has 0 bridgehead atoms. The first kappa shape index (κ1) is 10.6. The fraction of sp³-hybridized carbons (Fsp3) is 0.875. The van der Waals surface area contributed by atoms with Crippen LogP contribution in [0.15, 0.2) is 0 Å². The molecule has 2 atom stereocenters. The summed E-state index contributed by atoms with van der Waals surface area (Å²) >= 11 is 0. The molecule has 1 saturated heterocycles. The van der Waals surface area contributed by atoms with Crippen molar-refractivity contribution in [1.29, 1.82) is 0 Å². The summed E-state index contributed by atoms with van der Waals surface area (Å²) < 4.78 is 21.3. The largest absolute Gasteiger partial charge is 0.524 e. The van der Waals surface area contributed by atoms with Crippen molar-refractivity contribution in [2.24, 2.45) is 5.41 Å². The van der Waals surface area contributed by atoms with Gasteiger partial charge in [-0.05, 0) is 11.5 Å². The Morgan fingerprint density at radius 1 is 1.69 bits per heavy atom. The van der Waals surface area contributed by atoms with E-state index in [-0.39, 0.29) is 5.41 Å². The zero-order valence-corrected chi connectivity index (χ0v) is 8.97. The lowest BCUT2D eigenvalue weighted by Gasteiger charge is -2.12. The van der Waals surface area contributed by atoms with Crippen molar-refractivity contribution >= 4 is 14.0 Å². The second-order valence-corrected chi connectivity index (χ2v) is 5.05. The van der Waals surface area contributed by atoms with Gasteiger partial charge in [0.2, 0.25) is 0 Å². The highest BCUT2D eigenvalue weighted by Crippen LogP contribution is 2.45. The molecule has 0 N–H and O–H groups in total. The van der Waals surface area contributed by atoms with E-state index in [1.165, 1.54) is 0 Å². The number of hydrogen-bond acceptors (Lipinski definition) is 4. The van der Waals surface area contributed by atoms with Crippen LogP contribution in [0.5, 0.6) is 0 Å². The van der Waals surface area contributed by atoms with Crippen molar-refractivity contribution in [3.8, 4) is 0 Å². The topological polar surface area (TPSA) is 52.6 Å². The van der Waals surface area contributed by atoms with Gasteiger partial charge in [-0.2, -0.15) is 0 Å². The van der Waals surface area contributed by atoms with Gasteiger partial charge in [-0.25, -0.2) is 4.79 Å². The van der Waals surface area contributed by atoms with Gasteiger partial charge in [-0.15, -0.1) is 4.52 Å². The minimum Gasteiger partial charge on any atom is -0.461 e. The van der Waals surface area contributed by atoms with E-state index >= 15 is 0 Å². The normalized spacial score (nSPS) is 27.2. The molecule has 2 unspecified atom stereocenters. The average molecular weight is 205 g/mol. The molecule has 0 aromatic rings. The third-order valence-corrected chi connectivity index (χ3v) is 3.86. The maximum absolute atomic E-state index is 11.5. The molecule has 1 fully saturated rings. The first-order chi connectivity index (χ1) is 5.99. The van der Waals surface area contributed by atoms with E-state index in [2.05, 4.69) is 0 Å². The molecule has 5 heteroatoms. The molecular weight excluding hydrogens is 191 g/mol. The van der Waals surface area contributed by atoms with Crippen molar-refractivity contribution in [2.75, 3.05) is 13.2 Å². The molecule has 0 aromatic carbocycles. The molecule has 13 heavy (non-hydrogen) atoms. The summed E-state index contributed by atoms with van der Waals surface area (Å²) in [6, 6.07) is 0. The maximum atomic E-state index is 11.5. The van der Waals surface area contributed by atoms with Crippen LogP contribution in [0.25, 0.3) is 0 Å². The Bertz CT molecular complexity index is 236. The van der Waals surface area contributed by atoms with Gasteiger partial charge in [0, 0.05) is 0 Å². The van der Waals surface area contributed by atoms with Crippen molar-refractivity contribution in [1.82, 2.24) is 0 Å². The summed E-state index contributed by atoms with van der Waals surface area (Å²) in [6.07, 6.45) is 0. The van der Waals surface area contributed by atoms with Crippen LogP contribution in [-0.2, 0) is 18.6 Å². The number of rotatable bonds is 3. The predicted molar refractivity (Wildman–Crippen MR) is 47.8 cm³/mol. The number of carbonyl (C=O) groups excluding carboxylic acids is 1. The number of hydrogen-bond donors (Lipinski definition) is 0. The highest BCUT2D eigenvalue weighted by Gasteiger charge is 2.57. The van der Waals surface area contributed by atoms with E-state index < -0.39 is 19.7 Å². The van der Waals surface area contributed by atoms with E-state index in [9.17, 15) is 9.36 Å². The highest BCUT2D eigenvalue weighted by molar-refractivity contribution is 7.41. The summed E-state index contributed by atoms with van der Waals surface area (Å²) in [4.78, 5) is 11.2. The fourth-order valence-corrected chi connectivity index (χ4v) is 2.60. The predicted octanol–water partition coefficient (Wildman–Crippen LogP) is 1.72. The zero-order chi connectivity index (χ0) is 10.1. The molecule has 74 valence electrons. The van der Waals surface area contributed by atoms with Crippen LogP contribution in [0.3, 0.4) is 0 Å². The van der Waals surface area contributed by atoms with E-state index in [0.29, 0.717) is 13.2 Å². The highest BCUT2D eigenvalue weighted by atomic mass is 31.1. The molecule has 0 aliphatic carbocycles. The van der Waals surface area contributed by atoms with Crippen LogP contribution in [-0.4, -0.2) is 24.8 Å². The van der Waals surface area contributed by atoms with Gasteiger partial charge < -0.3 is 4.74 Å². The summed E-state index contributed by atoms with van der Waals surface area (Å²) in [5, 5.41) is 0. The maximum Gasteiger partial charge on any atom is 0.524 e. The lowest BCUT2D eigenvalue weighted by molar-refractivity contribution is -0.137. The van der Waals surface area contributed by atoms with Gasteiger partial charge in [0.15, 0.2) is 0 Å². The molecule has 1 aliphatic rings. The summed E-state index contributed by atoms with van der Waals surface area (Å²) in [5.74, 6) is -0.403. The minimum atomic E-state index is -1.93. The Hall–Kier alpha value is -0.470. The Kier molecular flexibility index (Phi) is 3.04. The van der Waals surface area contributed by atoms with E-state index in [1.54, 1.807) is 6.92 Å². The number of cyclic esters (lactones) is 1. The van der Waals surface area contributed by atoms with Crippen LogP contribution in [0.2, 0.25) is 0 Å². The molecule has 1 aliphatic heterocycles. The van der Waals surface area contributed by atoms with Crippen LogP contribution in [0, 0.1) is 5.41 Å². The Morgan fingerprint density at radius 3 is 2.69 bits per heavy atom. The van der Waals surface area contributed by atoms with Gasteiger partial charge in [0.05, 0.1) is 12.0 Å². The second kappa shape index (κ2) is 3.72. The molecule has 0 spiro atoms. The molecule has 1 rings (SSSR count). The van der Waals surface area contributed by atoms with Gasteiger partial charge in [0.1, 0.15) is 6.61 Å². The molecule has 0 radical (unpaired) electrons. The zero-order valence-electron chi connectivity index (χ0n) is 8.07. The van der Waals surface area contributed by atoms with Crippen LogP contribution < -0.4 is 0 Å². The van der Waals surface area contributed by atoms with Gasteiger partial charge >= 0.3 is 14.0 Å². The lowest BCUT2D eigenvalue weighted by atomic mass is 9.92. The number of carbonyl (C=O) groups is 1. The fourth-order valence-electron chi connectivity index (χ4n) is 1.31. The summed E-state index contributed by atoms with van der Waals surface area (Å²) in [7, 11) is -1.93. The number of esters is 1. The Morgan fingerprint density at radius 2 is 2.31 bits per heavy atom. The average Bonchev–Trinajstić information content (AvgIpc) is 2.26. The molecule has 0 amide bonds. The molecule has 0 aromatic heterocycles. The van der Waals surface area contributed by atoms with Crippen LogP contribution in [0.4, 0.5) is 0 Å². The first-order valence-corrected chi connectivity index (χ1v) is 5.49. The first-order valence-electron chi connectivity index (χ1n) is 4.25. The quantitative estimate of drug-likeness (QED) is 0.520. The molecule has 0 saturated carbocycles. The summed E-state index contributed by atoms with van der Waals surface area (Å²) in [6.45, 7) is 6.14. The van der Waals surface area contributed by atoms with Gasteiger partial charge in [-0.1, -0.05) is 13.8 Å². The number of ether oxygens (including phenoxy) is 1. The Labute approximate surface area is 78.5 Å². The lowest BCUT2D eigenvalue weighted by Crippen LogP contribution is -2.27. The van der Waals surface area contributed by atoms with Crippen LogP contribution in [0.1, 0.15) is 20.8 Å². The van der Waals surface area contributed by atoms with Gasteiger partial charge in [0.25, 0.3) is 5.66 Å². The third-order valence-electron chi connectivity index (χ3n) is 2.02. The van der Waals surface area contributed by atoms with E-state index in [0.717, 1.165) is 0 Å². The second-order valence-electron chi connectivity index (χ2n) is 3.70. The van der Waals surface area contributed by atoms with Crippen molar-refractivity contribution < 1.29 is 18.6 Å². The summed E-state index contributed by atoms with van der Waals surface area (Å²) in [5.41, 5.74) is -0.984.